The highest BCUT2D eigenvalue weighted by Crippen LogP contribution is 2.37. The Kier molecular flexibility index (Phi) is 4.50. The van der Waals surface area contributed by atoms with Crippen molar-refractivity contribution in [1.29, 1.82) is 5.26 Å². The van der Waals surface area contributed by atoms with Gasteiger partial charge in [-0.3, -0.25) is 10.1 Å². The Labute approximate surface area is 129 Å². The fourth-order valence-electron chi connectivity index (χ4n) is 1.48. The minimum Gasteiger partial charge on any atom is -0.258 e. The van der Waals surface area contributed by atoms with Gasteiger partial charge >= 0.3 is 0 Å². The van der Waals surface area contributed by atoms with Crippen LogP contribution in [0.2, 0.25) is 10.0 Å². The standard InChI is InChI=1S/C13H6Cl2N2O2S/c14-9-1-3-11(15)13(6-9)20-12-4-2-10(17(18)19)5-8(12)7-16/h1-6H. The summed E-state index contributed by atoms with van der Waals surface area (Å²) in [6, 6.07) is 11.1. The molecule has 0 radical (unpaired) electrons. The highest BCUT2D eigenvalue weighted by Gasteiger charge is 2.13. The van der Waals surface area contributed by atoms with Crippen LogP contribution in [0.1, 0.15) is 5.56 Å². The molecule has 0 aromatic heterocycles. The molecule has 0 heterocycles. The van der Waals surface area contributed by atoms with E-state index in [9.17, 15) is 10.1 Å². The molecule has 0 spiro atoms. The van der Waals surface area contributed by atoms with E-state index >= 15 is 0 Å². The summed E-state index contributed by atoms with van der Waals surface area (Å²) in [5.74, 6) is 0. The van der Waals surface area contributed by atoms with Crippen molar-refractivity contribution in [3.05, 3.63) is 62.1 Å². The Morgan fingerprint density at radius 2 is 1.90 bits per heavy atom. The molecule has 0 N–H and O–H groups in total. The number of non-ortho nitro benzene ring substituents is 1. The highest BCUT2D eigenvalue weighted by atomic mass is 35.5. The second-order valence-corrected chi connectivity index (χ2v) is 5.65. The monoisotopic (exact) mass is 324 g/mol. The topological polar surface area (TPSA) is 66.9 Å². The fourth-order valence-corrected chi connectivity index (χ4v) is 2.89. The van der Waals surface area contributed by atoms with E-state index in [4.69, 9.17) is 28.5 Å². The quantitative estimate of drug-likeness (QED) is 0.593. The Hall–Kier alpha value is -1.74. The minimum absolute atomic E-state index is 0.122. The van der Waals surface area contributed by atoms with Crippen molar-refractivity contribution in [2.75, 3.05) is 0 Å². The van der Waals surface area contributed by atoms with Gasteiger partial charge in [0, 0.05) is 26.9 Å². The van der Waals surface area contributed by atoms with E-state index in [1.807, 2.05) is 6.07 Å². The van der Waals surface area contributed by atoms with Gasteiger partial charge in [0.25, 0.3) is 5.69 Å². The molecule has 0 unspecified atom stereocenters. The molecule has 7 heteroatoms. The van der Waals surface area contributed by atoms with Crippen LogP contribution >= 0.6 is 35.0 Å². The average molecular weight is 325 g/mol. The van der Waals surface area contributed by atoms with E-state index in [-0.39, 0.29) is 11.3 Å². The third-order valence-electron chi connectivity index (χ3n) is 2.41. The molecular formula is C13H6Cl2N2O2S. The van der Waals surface area contributed by atoms with E-state index in [2.05, 4.69) is 0 Å². The largest absolute Gasteiger partial charge is 0.270 e. The van der Waals surface area contributed by atoms with E-state index in [1.165, 1.54) is 30.0 Å². The number of halogens is 2. The van der Waals surface area contributed by atoms with Crippen LogP contribution in [0.25, 0.3) is 0 Å². The number of rotatable bonds is 3. The van der Waals surface area contributed by atoms with Crippen molar-refractivity contribution in [2.45, 2.75) is 9.79 Å². The Balaban J connectivity index is 2.41. The second kappa shape index (κ2) is 6.14. The number of nitro groups is 1. The molecule has 100 valence electrons. The van der Waals surface area contributed by atoms with Gasteiger partial charge in [-0.1, -0.05) is 35.0 Å². The molecule has 0 saturated carbocycles. The molecule has 20 heavy (non-hydrogen) atoms. The summed E-state index contributed by atoms with van der Waals surface area (Å²) in [5.41, 5.74) is 0.100. The van der Waals surface area contributed by atoms with Crippen molar-refractivity contribution in [3.8, 4) is 6.07 Å². The van der Waals surface area contributed by atoms with Crippen molar-refractivity contribution >= 4 is 40.7 Å². The van der Waals surface area contributed by atoms with Crippen LogP contribution in [-0.2, 0) is 0 Å². The summed E-state index contributed by atoms with van der Waals surface area (Å²) in [7, 11) is 0. The van der Waals surface area contributed by atoms with E-state index in [0.29, 0.717) is 19.8 Å². The molecule has 0 saturated heterocycles. The van der Waals surface area contributed by atoms with Crippen LogP contribution in [0.3, 0.4) is 0 Å². The van der Waals surface area contributed by atoms with Crippen LogP contribution < -0.4 is 0 Å². The molecule has 2 aromatic carbocycles. The predicted octanol–water partition coefficient (Wildman–Crippen LogP) is 4.92. The normalized spacial score (nSPS) is 10.1. The molecule has 0 fully saturated rings. The molecule has 2 rings (SSSR count). The molecule has 0 amide bonds. The maximum absolute atomic E-state index is 10.7. The Bertz CT molecular complexity index is 729. The Morgan fingerprint density at radius 1 is 1.15 bits per heavy atom. The van der Waals surface area contributed by atoms with Crippen molar-refractivity contribution < 1.29 is 4.92 Å². The van der Waals surface area contributed by atoms with Gasteiger partial charge in [0.1, 0.15) is 6.07 Å². The SMILES string of the molecule is N#Cc1cc([N+](=O)[O-])ccc1Sc1cc(Cl)ccc1Cl. The number of nitro benzene ring substituents is 1. The summed E-state index contributed by atoms with van der Waals surface area (Å²) in [4.78, 5) is 11.4. The molecular weight excluding hydrogens is 319 g/mol. The molecule has 0 aliphatic rings. The maximum atomic E-state index is 10.7. The Morgan fingerprint density at radius 3 is 2.55 bits per heavy atom. The maximum Gasteiger partial charge on any atom is 0.270 e. The van der Waals surface area contributed by atoms with Crippen LogP contribution in [0, 0.1) is 21.4 Å². The summed E-state index contributed by atoms with van der Waals surface area (Å²) >= 11 is 13.2. The predicted molar refractivity (Wildman–Crippen MR) is 78.4 cm³/mol. The number of hydrogen-bond donors (Lipinski definition) is 0. The lowest BCUT2D eigenvalue weighted by Crippen LogP contribution is -1.90. The van der Waals surface area contributed by atoms with E-state index < -0.39 is 4.92 Å². The van der Waals surface area contributed by atoms with E-state index in [1.54, 1.807) is 18.2 Å². The molecule has 2 aromatic rings. The highest BCUT2D eigenvalue weighted by molar-refractivity contribution is 7.99. The van der Waals surface area contributed by atoms with Crippen LogP contribution in [0.4, 0.5) is 5.69 Å². The summed E-state index contributed by atoms with van der Waals surface area (Å²) < 4.78 is 0. The molecule has 0 bridgehead atoms. The third-order valence-corrected chi connectivity index (χ3v) is 4.22. The van der Waals surface area contributed by atoms with Crippen molar-refractivity contribution in [1.82, 2.24) is 0 Å². The lowest BCUT2D eigenvalue weighted by molar-refractivity contribution is -0.384. The fraction of sp³-hybridized carbons (Fsp3) is 0. The first kappa shape index (κ1) is 14.7. The van der Waals surface area contributed by atoms with E-state index in [0.717, 1.165) is 0 Å². The van der Waals surface area contributed by atoms with Gasteiger partial charge in [0.05, 0.1) is 15.5 Å². The van der Waals surface area contributed by atoms with Gasteiger partial charge in [-0.2, -0.15) is 5.26 Å². The zero-order valence-corrected chi connectivity index (χ0v) is 12.2. The smallest absolute Gasteiger partial charge is 0.258 e. The molecule has 0 atom stereocenters. The molecule has 0 aliphatic carbocycles. The lowest BCUT2D eigenvalue weighted by atomic mass is 10.2. The first-order chi connectivity index (χ1) is 9.51. The van der Waals surface area contributed by atoms with Crippen molar-refractivity contribution in [2.24, 2.45) is 0 Å². The first-order valence-corrected chi connectivity index (χ1v) is 6.90. The number of hydrogen-bond acceptors (Lipinski definition) is 4. The summed E-state index contributed by atoms with van der Waals surface area (Å²) in [6.45, 7) is 0. The van der Waals surface area contributed by atoms with Gasteiger partial charge in [-0.05, 0) is 24.3 Å². The number of nitrogens with zero attached hydrogens (tertiary/aromatic N) is 2. The molecule has 4 nitrogen and oxygen atoms in total. The van der Waals surface area contributed by atoms with Gasteiger partial charge in [0.15, 0.2) is 0 Å². The number of nitriles is 1. The lowest BCUT2D eigenvalue weighted by Gasteiger charge is -2.06. The molecule has 0 aliphatic heterocycles. The first-order valence-electron chi connectivity index (χ1n) is 5.32. The van der Waals surface area contributed by atoms with Gasteiger partial charge in [-0.15, -0.1) is 0 Å². The van der Waals surface area contributed by atoms with Crippen LogP contribution in [-0.4, -0.2) is 4.92 Å². The zero-order chi connectivity index (χ0) is 14.7. The van der Waals surface area contributed by atoms with Gasteiger partial charge in [0.2, 0.25) is 0 Å². The van der Waals surface area contributed by atoms with Gasteiger partial charge < -0.3 is 0 Å². The third kappa shape index (κ3) is 3.23. The summed E-state index contributed by atoms with van der Waals surface area (Å²) in [5, 5.41) is 20.8. The minimum atomic E-state index is -0.540. The van der Waals surface area contributed by atoms with Gasteiger partial charge in [-0.25, -0.2) is 0 Å². The summed E-state index contributed by atoms with van der Waals surface area (Å²) in [6.07, 6.45) is 0. The number of benzene rings is 2. The van der Waals surface area contributed by atoms with Crippen LogP contribution in [0.5, 0.6) is 0 Å². The van der Waals surface area contributed by atoms with Crippen molar-refractivity contribution in [3.63, 3.8) is 0 Å². The average Bonchev–Trinajstić information content (AvgIpc) is 2.43. The second-order valence-electron chi connectivity index (χ2n) is 3.73. The zero-order valence-electron chi connectivity index (χ0n) is 9.84. The van der Waals surface area contributed by atoms with Crippen LogP contribution in [0.15, 0.2) is 46.2 Å².